The molecule has 7 amide bonds. The minimum atomic E-state index is -1.59. The number of primary amides is 1. The van der Waals surface area contributed by atoms with Crippen LogP contribution in [0.3, 0.4) is 0 Å². The molecule has 0 fully saturated rings. The van der Waals surface area contributed by atoms with E-state index in [1.807, 2.05) is 27.7 Å². The first-order chi connectivity index (χ1) is 24.7. The van der Waals surface area contributed by atoms with Gasteiger partial charge in [0.25, 0.3) is 0 Å². The molecule has 12 N–H and O–H groups in total. The second-order valence-electron chi connectivity index (χ2n) is 14.0. The molecule has 53 heavy (non-hydrogen) atoms. The van der Waals surface area contributed by atoms with Gasteiger partial charge in [0.15, 0.2) is 0 Å². The van der Waals surface area contributed by atoms with Crippen LogP contribution in [0.25, 0.3) is 0 Å². The van der Waals surface area contributed by atoms with Crippen molar-refractivity contribution >= 4 is 47.3 Å². The van der Waals surface area contributed by atoms with Crippen LogP contribution in [0.15, 0.2) is 30.3 Å². The molecule has 0 saturated heterocycles. The van der Waals surface area contributed by atoms with Crippen LogP contribution >= 0.6 is 0 Å². The van der Waals surface area contributed by atoms with Crippen LogP contribution in [0.2, 0.25) is 0 Å². The van der Waals surface area contributed by atoms with Gasteiger partial charge >= 0.3 is 5.97 Å². The van der Waals surface area contributed by atoms with Gasteiger partial charge in [-0.3, -0.25) is 38.4 Å². The summed E-state index contributed by atoms with van der Waals surface area (Å²) >= 11 is 0. The standard InChI is InChI=1S/C35H56N8O10/c1-18(2)12-23(30(37)48)40-32(50)24(13-19(3)4)39-27(45)16-38-35(53)29(20(5)6)43-33(51)25(14-21-10-8-7-9-11-21)41-34(52)26(17-44)42-31(49)22(36)15-28(46)47/h7-11,18-20,22-26,29,44H,12-17,36H2,1-6H3,(H2,37,48)(H,38,53)(H,39,45)(H,40,50)(H,41,52)(H,42,49)(H,43,51)(H,46,47)/t22-,23-,24-,25-,26-,29-/m0/s1. The molecule has 18 nitrogen and oxygen atoms in total. The summed E-state index contributed by atoms with van der Waals surface area (Å²) in [6.45, 7) is 9.24. The summed E-state index contributed by atoms with van der Waals surface area (Å²) in [6.07, 6.45) is -0.257. The highest BCUT2D eigenvalue weighted by Gasteiger charge is 2.32. The van der Waals surface area contributed by atoms with Gasteiger partial charge in [-0.15, -0.1) is 0 Å². The number of hydrogen-bond acceptors (Lipinski definition) is 10. The lowest BCUT2D eigenvalue weighted by molar-refractivity contribution is -0.140. The second kappa shape index (κ2) is 22.8. The van der Waals surface area contributed by atoms with Gasteiger partial charge < -0.3 is 53.6 Å². The molecule has 0 radical (unpaired) electrons. The van der Waals surface area contributed by atoms with Gasteiger partial charge in [0.2, 0.25) is 41.4 Å². The van der Waals surface area contributed by atoms with Crippen molar-refractivity contribution in [2.45, 2.75) is 103 Å². The summed E-state index contributed by atoms with van der Waals surface area (Å²) < 4.78 is 0. The fraction of sp³-hybridized carbons (Fsp3) is 0.600. The summed E-state index contributed by atoms with van der Waals surface area (Å²) in [7, 11) is 0. The van der Waals surface area contributed by atoms with E-state index >= 15 is 0 Å². The predicted molar refractivity (Wildman–Crippen MR) is 193 cm³/mol. The third-order valence-electron chi connectivity index (χ3n) is 7.86. The number of carbonyl (C=O) groups excluding carboxylic acids is 7. The van der Waals surface area contributed by atoms with Gasteiger partial charge in [0.05, 0.1) is 25.6 Å². The van der Waals surface area contributed by atoms with Crippen LogP contribution in [0.5, 0.6) is 0 Å². The molecule has 1 aromatic carbocycles. The first-order valence-corrected chi connectivity index (χ1v) is 17.5. The monoisotopic (exact) mass is 748 g/mol. The summed E-state index contributed by atoms with van der Waals surface area (Å²) in [6, 6.07) is 0.961. The molecule has 296 valence electrons. The Bertz CT molecular complexity index is 1420. The largest absolute Gasteiger partial charge is 0.481 e. The quantitative estimate of drug-likeness (QED) is 0.0573. The van der Waals surface area contributed by atoms with Gasteiger partial charge in [-0.2, -0.15) is 0 Å². The van der Waals surface area contributed by atoms with E-state index in [4.69, 9.17) is 16.6 Å². The SMILES string of the molecule is CC(C)C[C@H](NC(=O)[C@H](CC(C)C)NC(=O)CNC(=O)[C@@H](NC(=O)[C@H](Cc1ccccc1)NC(=O)[C@H](CO)NC(=O)[C@@H](N)CC(=O)O)C(C)C)C(N)=O. The first kappa shape index (κ1) is 45.9. The van der Waals surface area contributed by atoms with Gasteiger partial charge in [-0.05, 0) is 36.2 Å². The zero-order valence-electron chi connectivity index (χ0n) is 31.1. The average molecular weight is 749 g/mol. The van der Waals surface area contributed by atoms with Crippen molar-refractivity contribution in [2.24, 2.45) is 29.2 Å². The number of nitrogens with one attached hydrogen (secondary N) is 6. The summed E-state index contributed by atoms with van der Waals surface area (Å²) in [5, 5.41) is 33.6. The van der Waals surface area contributed by atoms with Crippen LogP contribution < -0.4 is 43.4 Å². The van der Waals surface area contributed by atoms with Crippen molar-refractivity contribution in [3.63, 3.8) is 0 Å². The van der Waals surface area contributed by atoms with Crippen molar-refractivity contribution in [1.29, 1.82) is 0 Å². The topological polar surface area (TPSA) is 301 Å². The fourth-order valence-electron chi connectivity index (χ4n) is 5.09. The normalized spacial score (nSPS) is 14.5. The molecule has 1 rings (SSSR count). The third kappa shape index (κ3) is 17.3. The Balaban J connectivity index is 3.08. The van der Waals surface area contributed by atoms with Crippen LogP contribution in [-0.4, -0.2) is 107 Å². The molecule has 0 aliphatic carbocycles. The molecule has 0 aliphatic rings. The molecule has 0 saturated carbocycles. The Morgan fingerprint density at radius 3 is 1.68 bits per heavy atom. The highest BCUT2D eigenvalue weighted by molar-refractivity contribution is 5.97. The molecular formula is C35H56N8O10. The first-order valence-electron chi connectivity index (χ1n) is 17.5. The number of aliphatic hydroxyl groups excluding tert-OH is 1. The Hall–Kier alpha value is -5.10. The number of nitrogens with two attached hydrogens (primary N) is 2. The minimum Gasteiger partial charge on any atom is -0.481 e. The molecule has 0 bridgehead atoms. The Morgan fingerprint density at radius 1 is 0.660 bits per heavy atom. The number of hydrogen-bond donors (Lipinski definition) is 10. The average Bonchev–Trinajstić information content (AvgIpc) is 3.06. The third-order valence-corrected chi connectivity index (χ3v) is 7.86. The molecule has 0 unspecified atom stereocenters. The number of rotatable bonds is 23. The zero-order valence-corrected chi connectivity index (χ0v) is 31.1. The maximum Gasteiger partial charge on any atom is 0.305 e. The van der Waals surface area contributed by atoms with Crippen molar-refractivity contribution in [2.75, 3.05) is 13.2 Å². The van der Waals surface area contributed by atoms with E-state index in [0.717, 1.165) is 0 Å². The lowest BCUT2D eigenvalue weighted by atomic mass is 10.00. The van der Waals surface area contributed by atoms with Crippen LogP contribution in [-0.2, 0) is 44.8 Å². The molecule has 0 spiro atoms. The van der Waals surface area contributed by atoms with Crippen LogP contribution in [0, 0.1) is 17.8 Å². The number of benzene rings is 1. The van der Waals surface area contributed by atoms with Crippen molar-refractivity contribution in [3.05, 3.63) is 35.9 Å². The molecule has 0 aliphatic heterocycles. The van der Waals surface area contributed by atoms with Gasteiger partial charge in [0.1, 0.15) is 30.2 Å². The molecule has 0 aromatic heterocycles. The molecule has 6 atom stereocenters. The number of aliphatic hydroxyl groups is 1. The van der Waals surface area contributed by atoms with Crippen molar-refractivity contribution in [1.82, 2.24) is 31.9 Å². The van der Waals surface area contributed by atoms with E-state index in [-0.39, 0.29) is 24.7 Å². The minimum absolute atomic E-state index is 0.0268. The Kier molecular flexibility index (Phi) is 19.7. The number of carboxylic acids is 1. The van der Waals surface area contributed by atoms with E-state index in [0.29, 0.717) is 12.0 Å². The maximum atomic E-state index is 13.6. The molecule has 1 aromatic rings. The van der Waals surface area contributed by atoms with Crippen molar-refractivity contribution in [3.8, 4) is 0 Å². The predicted octanol–water partition coefficient (Wildman–Crippen LogP) is -2.20. The smallest absolute Gasteiger partial charge is 0.305 e. The second-order valence-corrected chi connectivity index (χ2v) is 14.0. The highest BCUT2D eigenvalue weighted by atomic mass is 16.4. The molecular weight excluding hydrogens is 692 g/mol. The molecule has 18 heteroatoms. The summed E-state index contributed by atoms with van der Waals surface area (Å²) in [4.78, 5) is 101. The highest BCUT2D eigenvalue weighted by Crippen LogP contribution is 2.10. The summed E-state index contributed by atoms with van der Waals surface area (Å²) in [5.41, 5.74) is 11.6. The van der Waals surface area contributed by atoms with Gasteiger partial charge in [-0.25, -0.2) is 0 Å². The van der Waals surface area contributed by atoms with E-state index in [9.17, 15) is 43.5 Å². The van der Waals surface area contributed by atoms with Gasteiger partial charge in [0, 0.05) is 6.42 Å². The summed E-state index contributed by atoms with van der Waals surface area (Å²) in [5.74, 6) is -7.38. The fourth-order valence-corrected chi connectivity index (χ4v) is 5.09. The maximum absolute atomic E-state index is 13.6. The van der Waals surface area contributed by atoms with E-state index in [1.165, 1.54) is 0 Å². The van der Waals surface area contributed by atoms with E-state index in [2.05, 4.69) is 31.9 Å². The van der Waals surface area contributed by atoms with Crippen molar-refractivity contribution < 1.29 is 48.6 Å². The van der Waals surface area contributed by atoms with Crippen LogP contribution in [0.4, 0.5) is 0 Å². The van der Waals surface area contributed by atoms with E-state index in [1.54, 1.807) is 44.2 Å². The van der Waals surface area contributed by atoms with E-state index < -0.39 is 109 Å². The Morgan fingerprint density at radius 2 is 1.17 bits per heavy atom. The van der Waals surface area contributed by atoms with Gasteiger partial charge in [-0.1, -0.05) is 71.9 Å². The number of carbonyl (C=O) groups is 8. The molecule has 0 heterocycles. The lowest BCUT2D eigenvalue weighted by Crippen LogP contribution is -2.60. The number of amides is 7. The lowest BCUT2D eigenvalue weighted by Gasteiger charge is -2.27. The zero-order chi connectivity index (χ0) is 40.4. The number of aliphatic carboxylic acids is 1. The van der Waals surface area contributed by atoms with Crippen LogP contribution in [0.1, 0.15) is 66.4 Å². The number of carboxylic acid groups (broad SMARTS) is 1. The Labute approximate surface area is 309 Å².